The number of aromatic carboxylic acids is 1. The second-order valence-corrected chi connectivity index (χ2v) is 6.78. The Morgan fingerprint density at radius 1 is 1.24 bits per heavy atom. The van der Waals surface area contributed by atoms with Gasteiger partial charge in [-0.15, -0.1) is 11.3 Å². The Morgan fingerprint density at radius 3 is 2.48 bits per heavy atom. The molecule has 0 fully saturated rings. The topological polar surface area (TPSA) is 104 Å². The molecule has 2 aromatic rings. The van der Waals surface area contributed by atoms with Gasteiger partial charge in [0.1, 0.15) is 9.77 Å². The minimum Gasteiger partial charge on any atom is -0.477 e. The van der Waals surface area contributed by atoms with Crippen molar-refractivity contribution in [1.29, 1.82) is 0 Å². The SMILES string of the molecule is O=C(O)c1sccc1S(=O)(=O)N[C@@H](CO)c1ccccc1. The van der Waals surface area contributed by atoms with Crippen LogP contribution in [0, 0.1) is 0 Å². The quantitative estimate of drug-likeness (QED) is 0.745. The third-order valence-electron chi connectivity index (χ3n) is 2.79. The second-order valence-electron chi connectivity index (χ2n) is 4.19. The van der Waals surface area contributed by atoms with Crippen LogP contribution in [0.4, 0.5) is 0 Å². The average molecular weight is 327 g/mol. The summed E-state index contributed by atoms with van der Waals surface area (Å²) in [5, 5.41) is 19.8. The first-order chi connectivity index (χ1) is 9.95. The minimum absolute atomic E-state index is 0.257. The molecule has 1 aromatic carbocycles. The molecule has 21 heavy (non-hydrogen) atoms. The predicted octanol–water partition coefficient (Wildman–Crippen LogP) is 1.46. The molecule has 8 heteroatoms. The summed E-state index contributed by atoms with van der Waals surface area (Å²) in [5.74, 6) is -1.30. The van der Waals surface area contributed by atoms with Crippen molar-refractivity contribution in [2.24, 2.45) is 0 Å². The highest BCUT2D eigenvalue weighted by Gasteiger charge is 2.26. The minimum atomic E-state index is -4.03. The first kappa shape index (κ1) is 15.6. The molecule has 1 aromatic heterocycles. The number of hydrogen-bond donors (Lipinski definition) is 3. The highest BCUT2D eigenvalue weighted by Crippen LogP contribution is 2.24. The number of thiophene rings is 1. The fourth-order valence-corrected chi connectivity index (χ4v) is 4.29. The Hall–Kier alpha value is -1.74. The summed E-state index contributed by atoms with van der Waals surface area (Å²) in [5.41, 5.74) is 0.593. The average Bonchev–Trinajstić information content (AvgIpc) is 2.96. The fourth-order valence-electron chi connectivity index (χ4n) is 1.81. The zero-order valence-corrected chi connectivity index (χ0v) is 12.4. The molecule has 2 rings (SSSR count). The maximum absolute atomic E-state index is 12.3. The largest absolute Gasteiger partial charge is 0.477 e. The summed E-state index contributed by atoms with van der Waals surface area (Å²) in [6.45, 7) is -0.435. The molecule has 1 atom stereocenters. The lowest BCUT2D eigenvalue weighted by molar-refractivity contribution is 0.0698. The molecule has 0 aliphatic heterocycles. The molecule has 0 bridgehead atoms. The number of benzene rings is 1. The van der Waals surface area contributed by atoms with E-state index in [0.29, 0.717) is 5.56 Å². The molecule has 0 unspecified atom stereocenters. The Morgan fingerprint density at radius 2 is 1.90 bits per heavy atom. The van der Waals surface area contributed by atoms with Gasteiger partial charge in [0.25, 0.3) is 0 Å². The van der Waals surface area contributed by atoms with Crippen molar-refractivity contribution in [3.63, 3.8) is 0 Å². The Balaban J connectivity index is 2.32. The van der Waals surface area contributed by atoms with Crippen molar-refractivity contribution in [2.75, 3.05) is 6.61 Å². The number of carboxylic acid groups (broad SMARTS) is 1. The van der Waals surface area contributed by atoms with Crippen molar-refractivity contribution in [3.8, 4) is 0 Å². The van der Waals surface area contributed by atoms with Crippen LogP contribution in [0.3, 0.4) is 0 Å². The van der Waals surface area contributed by atoms with E-state index in [1.807, 2.05) is 0 Å². The van der Waals surface area contributed by atoms with Crippen LogP contribution in [0.5, 0.6) is 0 Å². The molecule has 0 radical (unpaired) electrons. The van der Waals surface area contributed by atoms with E-state index in [1.54, 1.807) is 30.3 Å². The van der Waals surface area contributed by atoms with E-state index < -0.39 is 28.6 Å². The standard InChI is InChI=1S/C13H13NO5S2/c15-8-10(9-4-2-1-3-5-9)14-21(18,19)11-6-7-20-12(11)13(16)17/h1-7,10,14-15H,8H2,(H,16,17)/t10-/m0/s1. The normalized spacial score (nSPS) is 13.0. The van der Waals surface area contributed by atoms with Crippen LogP contribution in [-0.2, 0) is 10.0 Å². The van der Waals surface area contributed by atoms with Crippen LogP contribution in [0.15, 0.2) is 46.7 Å². The molecule has 0 aliphatic rings. The molecule has 0 amide bonds. The van der Waals surface area contributed by atoms with Crippen LogP contribution in [0.1, 0.15) is 21.3 Å². The monoisotopic (exact) mass is 327 g/mol. The smallest absolute Gasteiger partial charge is 0.347 e. The summed E-state index contributed by atoms with van der Waals surface area (Å²) >= 11 is 0.834. The summed E-state index contributed by atoms with van der Waals surface area (Å²) in [6.07, 6.45) is 0. The van der Waals surface area contributed by atoms with E-state index in [2.05, 4.69) is 4.72 Å². The highest BCUT2D eigenvalue weighted by molar-refractivity contribution is 7.89. The number of hydrogen-bond acceptors (Lipinski definition) is 5. The van der Waals surface area contributed by atoms with Gasteiger partial charge < -0.3 is 10.2 Å². The number of sulfonamides is 1. The van der Waals surface area contributed by atoms with Gasteiger partial charge in [-0.05, 0) is 17.0 Å². The van der Waals surface area contributed by atoms with Gasteiger partial charge in [-0.1, -0.05) is 30.3 Å². The maximum Gasteiger partial charge on any atom is 0.347 e. The zero-order chi connectivity index (χ0) is 15.5. The Kier molecular flexibility index (Phi) is 4.73. The second kappa shape index (κ2) is 6.35. The number of rotatable bonds is 6. The van der Waals surface area contributed by atoms with E-state index >= 15 is 0 Å². The fraction of sp³-hybridized carbons (Fsp3) is 0.154. The molecule has 0 saturated carbocycles. The van der Waals surface area contributed by atoms with Gasteiger partial charge in [-0.2, -0.15) is 0 Å². The third-order valence-corrected chi connectivity index (χ3v) is 5.34. The van der Waals surface area contributed by atoms with Gasteiger partial charge in [0, 0.05) is 0 Å². The van der Waals surface area contributed by atoms with E-state index in [1.165, 1.54) is 11.4 Å². The number of nitrogens with one attached hydrogen (secondary N) is 1. The summed E-state index contributed by atoms with van der Waals surface area (Å²) in [6, 6.07) is 8.96. The molecular weight excluding hydrogens is 314 g/mol. The number of carboxylic acids is 1. The van der Waals surface area contributed by atoms with Gasteiger partial charge in [0.15, 0.2) is 0 Å². The van der Waals surface area contributed by atoms with Crippen molar-refractivity contribution in [1.82, 2.24) is 4.72 Å². The summed E-state index contributed by atoms with van der Waals surface area (Å²) in [4.78, 5) is 10.5. The molecule has 1 heterocycles. The van der Waals surface area contributed by atoms with E-state index in [0.717, 1.165) is 11.3 Å². The Labute approximate surface area is 125 Å². The van der Waals surface area contributed by atoms with Crippen LogP contribution in [-0.4, -0.2) is 31.2 Å². The number of aliphatic hydroxyl groups excluding tert-OH is 1. The predicted molar refractivity (Wildman–Crippen MR) is 77.9 cm³/mol. The molecule has 3 N–H and O–H groups in total. The van der Waals surface area contributed by atoms with Crippen LogP contribution in [0.2, 0.25) is 0 Å². The molecular formula is C13H13NO5S2. The van der Waals surface area contributed by atoms with Gasteiger partial charge in [-0.25, -0.2) is 17.9 Å². The van der Waals surface area contributed by atoms with Crippen molar-refractivity contribution in [3.05, 3.63) is 52.2 Å². The molecule has 0 aliphatic carbocycles. The number of aliphatic hydroxyl groups is 1. The van der Waals surface area contributed by atoms with E-state index in [9.17, 15) is 18.3 Å². The van der Waals surface area contributed by atoms with Crippen LogP contribution < -0.4 is 4.72 Å². The number of carbonyl (C=O) groups is 1. The van der Waals surface area contributed by atoms with Gasteiger partial charge in [-0.3, -0.25) is 0 Å². The third kappa shape index (κ3) is 3.48. The van der Waals surface area contributed by atoms with Gasteiger partial charge >= 0.3 is 5.97 Å². The lowest BCUT2D eigenvalue weighted by Gasteiger charge is -2.16. The molecule has 112 valence electrons. The van der Waals surface area contributed by atoms with E-state index in [-0.39, 0.29) is 9.77 Å². The highest BCUT2D eigenvalue weighted by atomic mass is 32.2. The molecule has 0 saturated heterocycles. The van der Waals surface area contributed by atoms with Crippen molar-refractivity contribution >= 4 is 27.3 Å². The lowest BCUT2D eigenvalue weighted by atomic mass is 10.1. The van der Waals surface area contributed by atoms with Crippen LogP contribution in [0.25, 0.3) is 0 Å². The maximum atomic E-state index is 12.3. The van der Waals surface area contributed by atoms with Crippen LogP contribution >= 0.6 is 11.3 Å². The summed E-state index contributed by atoms with van der Waals surface area (Å²) < 4.78 is 26.9. The lowest BCUT2D eigenvalue weighted by Crippen LogP contribution is -2.31. The zero-order valence-electron chi connectivity index (χ0n) is 10.8. The first-order valence-electron chi connectivity index (χ1n) is 5.94. The first-order valence-corrected chi connectivity index (χ1v) is 8.31. The van der Waals surface area contributed by atoms with Gasteiger partial charge in [0.2, 0.25) is 10.0 Å². The van der Waals surface area contributed by atoms with Crippen molar-refractivity contribution in [2.45, 2.75) is 10.9 Å². The van der Waals surface area contributed by atoms with Gasteiger partial charge in [0.05, 0.1) is 12.6 Å². The summed E-state index contributed by atoms with van der Waals surface area (Å²) in [7, 11) is -4.03. The molecule has 0 spiro atoms. The van der Waals surface area contributed by atoms with Crippen molar-refractivity contribution < 1.29 is 23.4 Å². The van der Waals surface area contributed by atoms with E-state index in [4.69, 9.17) is 5.11 Å². The Bertz CT molecular complexity index is 724. The molecule has 6 nitrogen and oxygen atoms in total.